The maximum atomic E-state index is 5.86. The number of hydrogen-bond acceptors (Lipinski definition) is 0. The average Bonchev–Trinajstić information content (AvgIpc) is 1.93. The van der Waals surface area contributed by atoms with Crippen molar-refractivity contribution >= 4 is 46.4 Å². The molecule has 0 amide bonds. The van der Waals surface area contributed by atoms with Crippen LogP contribution in [-0.2, 0) is 0 Å². The van der Waals surface area contributed by atoms with E-state index in [9.17, 15) is 0 Å². The van der Waals surface area contributed by atoms with Crippen LogP contribution in [0.1, 0.15) is 12.8 Å². The predicted octanol–water partition coefficient (Wildman–Crippen LogP) is 3.21. The SMILES string of the molecule is Cl[C@H]1[C@H](Cl)[C@@H](Cl)CC[C@@H]1Cl. The third-order valence-electron chi connectivity index (χ3n) is 1.71. The van der Waals surface area contributed by atoms with Crippen LogP contribution in [0.25, 0.3) is 0 Å². The lowest BCUT2D eigenvalue weighted by atomic mass is 9.99. The molecule has 0 spiro atoms. The zero-order valence-corrected chi connectivity index (χ0v) is 8.26. The fourth-order valence-electron chi connectivity index (χ4n) is 1.04. The molecular weight excluding hydrogens is 214 g/mol. The Labute approximate surface area is 80.8 Å². The first kappa shape index (κ1) is 9.25. The van der Waals surface area contributed by atoms with Crippen molar-refractivity contribution in [2.75, 3.05) is 0 Å². The van der Waals surface area contributed by atoms with Crippen molar-refractivity contribution in [2.24, 2.45) is 0 Å². The molecule has 1 fully saturated rings. The molecule has 0 aliphatic heterocycles. The molecule has 1 aliphatic carbocycles. The molecule has 60 valence electrons. The van der Waals surface area contributed by atoms with Crippen LogP contribution in [0, 0.1) is 0 Å². The minimum atomic E-state index is -0.181. The molecule has 0 aromatic heterocycles. The highest BCUT2D eigenvalue weighted by Crippen LogP contribution is 2.34. The zero-order chi connectivity index (χ0) is 7.72. The molecule has 0 N–H and O–H groups in total. The van der Waals surface area contributed by atoms with Gasteiger partial charge >= 0.3 is 0 Å². The molecule has 0 bridgehead atoms. The summed E-state index contributed by atoms with van der Waals surface area (Å²) in [6, 6.07) is 0. The minimum absolute atomic E-state index is 0.0147. The maximum Gasteiger partial charge on any atom is 0.0677 e. The van der Waals surface area contributed by atoms with Gasteiger partial charge in [0.15, 0.2) is 0 Å². The molecular formula is C6H8Cl4. The summed E-state index contributed by atoms with van der Waals surface area (Å²) in [6.45, 7) is 0. The second kappa shape index (κ2) is 3.71. The first-order chi connectivity index (χ1) is 4.63. The van der Waals surface area contributed by atoms with Gasteiger partial charge < -0.3 is 0 Å². The maximum absolute atomic E-state index is 5.86. The molecule has 4 heteroatoms. The molecule has 0 nitrogen and oxygen atoms in total. The van der Waals surface area contributed by atoms with Gasteiger partial charge in [0.25, 0.3) is 0 Å². The summed E-state index contributed by atoms with van der Waals surface area (Å²) < 4.78 is 0. The third kappa shape index (κ3) is 1.85. The van der Waals surface area contributed by atoms with E-state index < -0.39 is 0 Å². The van der Waals surface area contributed by atoms with Crippen LogP contribution >= 0.6 is 46.4 Å². The van der Waals surface area contributed by atoms with Crippen molar-refractivity contribution in [2.45, 2.75) is 34.3 Å². The molecule has 0 radical (unpaired) electrons. The molecule has 0 aromatic rings. The lowest BCUT2D eigenvalue weighted by molar-refractivity contribution is 0.531. The van der Waals surface area contributed by atoms with Gasteiger partial charge in [-0.3, -0.25) is 0 Å². The zero-order valence-electron chi connectivity index (χ0n) is 5.24. The van der Waals surface area contributed by atoms with Gasteiger partial charge in [-0.15, -0.1) is 46.4 Å². The Morgan fingerprint density at radius 2 is 1.00 bits per heavy atom. The van der Waals surface area contributed by atoms with E-state index in [1.165, 1.54) is 0 Å². The Morgan fingerprint density at radius 1 is 0.700 bits per heavy atom. The first-order valence-electron chi connectivity index (χ1n) is 3.19. The van der Waals surface area contributed by atoms with Crippen molar-refractivity contribution < 1.29 is 0 Å². The van der Waals surface area contributed by atoms with Crippen molar-refractivity contribution in [3.8, 4) is 0 Å². The van der Waals surface area contributed by atoms with Gasteiger partial charge in [0, 0.05) is 0 Å². The summed E-state index contributed by atoms with van der Waals surface area (Å²) in [5, 5.41) is -0.391. The lowest BCUT2D eigenvalue weighted by Gasteiger charge is -2.30. The normalized spacial score (nSPS) is 49.2. The van der Waals surface area contributed by atoms with Gasteiger partial charge in [0.1, 0.15) is 0 Å². The largest absolute Gasteiger partial charge is 0.121 e. The first-order valence-corrected chi connectivity index (χ1v) is 4.94. The number of halogens is 4. The number of hydrogen-bond donors (Lipinski definition) is 0. The van der Waals surface area contributed by atoms with E-state index in [0.717, 1.165) is 12.8 Å². The Balaban J connectivity index is 2.52. The standard InChI is InChI=1S/C6H8Cl4/c7-3-1-2-4(8)6(10)5(3)9/h3-6H,1-2H2/t3-,4-,5+,6+/m0/s1. The van der Waals surface area contributed by atoms with Crippen molar-refractivity contribution in [1.29, 1.82) is 0 Å². The van der Waals surface area contributed by atoms with E-state index in [0.29, 0.717) is 0 Å². The van der Waals surface area contributed by atoms with Crippen LogP contribution in [0.2, 0.25) is 0 Å². The second-order valence-electron chi connectivity index (χ2n) is 2.50. The predicted molar refractivity (Wildman–Crippen MR) is 47.8 cm³/mol. The molecule has 0 saturated heterocycles. The third-order valence-corrected chi connectivity index (χ3v) is 4.23. The second-order valence-corrected chi connectivity index (χ2v) is 4.63. The van der Waals surface area contributed by atoms with Gasteiger partial charge in [0.2, 0.25) is 0 Å². The van der Waals surface area contributed by atoms with Gasteiger partial charge in [-0.25, -0.2) is 0 Å². The lowest BCUT2D eigenvalue weighted by Crippen LogP contribution is -2.37. The quantitative estimate of drug-likeness (QED) is 0.552. The monoisotopic (exact) mass is 220 g/mol. The summed E-state index contributed by atoms with van der Waals surface area (Å²) in [4.78, 5) is 0. The van der Waals surface area contributed by atoms with Crippen LogP contribution in [0.3, 0.4) is 0 Å². The molecule has 1 aliphatic rings. The fourth-order valence-corrected chi connectivity index (χ4v) is 2.35. The van der Waals surface area contributed by atoms with E-state index in [2.05, 4.69) is 0 Å². The van der Waals surface area contributed by atoms with E-state index in [1.807, 2.05) is 0 Å². The van der Waals surface area contributed by atoms with Crippen LogP contribution in [0.5, 0.6) is 0 Å². The minimum Gasteiger partial charge on any atom is -0.121 e. The smallest absolute Gasteiger partial charge is 0.0677 e. The molecule has 0 unspecified atom stereocenters. The molecule has 0 aromatic carbocycles. The van der Waals surface area contributed by atoms with Crippen LogP contribution in [-0.4, -0.2) is 21.5 Å². The Morgan fingerprint density at radius 3 is 1.30 bits per heavy atom. The molecule has 1 saturated carbocycles. The van der Waals surface area contributed by atoms with E-state index in [1.54, 1.807) is 0 Å². The highest BCUT2D eigenvalue weighted by molar-refractivity contribution is 6.38. The summed E-state index contributed by atoms with van der Waals surface area (Å²) in [6.07, 6.45) is 1.74. The summed E-state index contributed by atoms with van der Waals surface area (Å²) in [7, 11) is 0. The molecule has 0 heterocycles. The Hall–Kier alpha value is 1.16. The molecule has 1 rings (SSSR count). The van der Waals surface area contributed by atoms with Gasteiger partial charge in [0.05, 0.1) is 21.5 Å². The van der Waals surface area contributed by atoms with Crippen molar-refractivity contribution in [3.63, 3.8) is 0 Å². The molecule has 10 heavy (non-hydrogen) atoms. The van der Waals surface area contributed by atoms with Gasteiger partial charge in [-0.2, -0.15) is 0 Å². The summed E-state index contributed by atoms with van der Waals surface area (Å²) in [5.74, 6) is 0. The summed E-state index contributed by atoms with van der Waals surface area (Å²) >= 11 is 23.4. The summed E-state index contributed by atoms with van der Waals surface area (Å²) in [5.41, 5.74) is 0. The van der Waals surface area contributed by atoms with Crippen LogP contribution in [0.15, 0.2) is 0 Å². The highest BCUT2D eigenvalue weighted by atomic mass is 35.5. The van der Waals surface area contributed by atoms with Gasteiger partial charge in [-0.1, -0.05) is 0 Å². The van der Waals surface area contributed by atoms with E-state index >= 15 is 0 Å². The Kier molecular flexibility index (Phi) is 3.43. The fraction of sp³-hybridized carbons (Fsp3) is 1.00. The van der Waals surface area contributed by atoms with Crippen molar-refractivity contribution in [3.05, 3.63) is 0 Å². The van der Waals surface area contributed by atoms with Crippen LogP contribution < -0.4 is 0 Å². The highest BCUT2D eigenvalue weighted by Gasteiger charge is 2.35. The topological polar surface area (TPSA) is 0 Å². The number of rotatable bonds is 0. The van der Waals surface area contributed by atoms with Crippen molar-refractivity contribution in [1.82, 2.24) is 0 Å². The number of alkyl halides is 4. The Bertz CT molecular complexity index is 102. The molecule has 4 atom stereocenters. The van der Waals surface area contributed by atoms with Gasteiger partial charge in [-0.05, 0) is 12.8 Å². The van der Waals surface area contributed by atoms with E-state index in [-0.39, 0.29) is 21.5 Å². The van der Waals surface area contributed by atoms with Crippen LogP contribution in [0.4, 0.5) is 0 Å². The average molecular weight is 222 g/mol. The van der Waals surface area contributed by atoms with E-state index in [4.69, 9.17) is 46.4 Å².